The molecule has 1 saturated heterocycles. The highest BCUT2D eigenvalue weighted by Gasteiger charge is 2.35. The number of aromatic nitrogens is 1. The van der Waals surface area contributed by atoms with Crippen molar-refractivity contribution in [1.29, 1.82) is 0 Å². The van der Waals surface area contributed by atoms with Crippen LogP contribution in [-0.2, 0) is 19.2 Å². The molecule has 1 fully saturated rings. The number of fused-ring (bicyclic) bond motifs is 1. The average molecular weight is 579 g/mol. The van der Waals surface area contributed by atoms with Gasteiger partial charge in [0, 0.05) is 43.2 Å². The molecular weight excluding hydrogens is 547 g/mol. The lowest BCUT2D eigenvalue weighted by Crippen LogP contribution is -2.31. The Bertz CT molecular complexity index is 1240. The number of aliphatic hydroxyl groups is 1. The summed E-state index contributed by atoms with van der Waals surface area (Å²) < 4.78 is 10.5. The van der Waals surface area contributed by atoms with Gasteiger partial charge in [-0.15, -0.1) is 0 Å². The van der Waals surface area contributed by atoms with Crippen LogP contribution < -0.4 is 4.74 Å². The second-order valence-electron chi connectivity index (χ2n) is 9.04. The fourth-order valence-electron chi connectivity index (χ4n) is 4.62. The molecule has 0 amide bonds. The molecule has 1 aliphatic carbocycles. The average Bonchev–Trinajstić information content (AvgIpc) is 2.94. The summed E-state index contributed by atoms with van der Waals surface area (Å²) in [6.07, 6.45) is 6.66. The highest BCUT2D eigenvalue weighted by Crippen LogP contribution is 2.36. The number of hydrogen-bond donors (Lipinski definition) is 2. The lowest BCUT2D eigenvalue weighted by Gasteiger charge is -2.32. The van der Waals surface area contributed by atoms with E-state index in [9.17, 15) is 14.7 Å². The molecule has 0 radical (unpaired) electrons. The van der Waals surface area contributed by atoms with E-state index < -0.39 is 12.6 Å². The molecule has 0 spiro atoms. The maximum Gasteiger partial charge on any atom is 0.341 e. The van der Waals surface area contributed by atoms with Gasteiger partial charge < -0.3 is 24.5 Å². The van der Waals surface area contributed by atoms with Crippen molar-refractivity contribution in [2.75, 3.05) is 26.4 Å². The number of carboxylic acids is 1. The van der Waals surface area contributed by atoms with Crippen LogP contribution in [-0.4, -0.2) is 59.1 Å². The highest BCUT2D eigenvalue weighted by atomic mass is 35.5. The number of halogens is 2. The Morgan fingerprint density at radius 2 is 2.00 bits per heavy atom. The molecule has 4 rings (SSSR count). The van der Waals surface area contributed by atoms with Gasteiger partial charge in [0.1, 0.15) is 23.6 Å². The molecule has 1 atom stereocenters. The Morgan fingerprint density at radius 1 is 1.23 bits per heavy atom. The van der Waals surface area contributed by atoms with Crippen molar-refractivity contribution in [3.63, 3.8) is 0 Å². The molecule has 0 saturated carbocycles. The van der Waals surface area contributed by atoms with Crippen molar-refractivity contribution >= 4 is 51.6 Å². The van der Waals surface area contributed by atoms with Crippen LogP contribution in [0, 0.1) is 11.8 Å². The van der Waals surface area contributed by atoms with Crippen molar-refractivity contribution in [2.45, 2.75) is 39.0 Å². The standard InChI is InChI=1S/C17H24ClNO4.C11H8ClNO3/c1-2-14(19-23-7-3-6-18)17-15(20)10-13(11-16(17)21)12-4-8-22-9-5-12;12-8-3-4-9(16-6-10(14)15)11-7(8)2-1-5-13-11/h3,6,12-13,20H,2,4-5,7-11H2,1H3;1-5H,6H2,(H,14,15)/b6-3+,19-14+;. The first-order valence-corrected chi connectivity index (χ1v) is 13.5. The lowest BCUT2D eigenvalue weighted by molar-refractivity contribution is -0.139. The molecule has 2 aliphatic rings. The summed E-state index contributed by atoms with van der Waals surface area (Å²) in [4.78, 5) is 32.2. The Morgan fingerprint density at radius 3 is 2.67 bits per heavy atom. The molecule has 2 aromatic rings. The Balaban J connectivity index is 0.000000230. The summed E-state index contributed by atoms with van der Waals surface area (Å²) >= 11 is 11.4. The maximum atomic E-state index is 12.5. The molecule has 11 heteroatoms. The van der Waals surface area contributed by atoms with Crippen LogP contribution in [0.3, 0.4) is 0 Å². The first-order valence-electron chi connectivity index (χ1n) is 12.7. The third kappa shape index (κ3) is 8.68. The van der Waals surface area contributed by atoms with E-state index in [4.69, 9.17) is 42.6 Å². The molecule has 1 unspecified atom stereocenters. The number of rotatable bonds is 9. The van der Waals surface area contributed by atoms with E-state index in [1.165, 1.54) is 5.54 Å². The SMILES string of the molecule is CC/C(=N\OC/C=C/Cl)C1=C(O)CC(C2CCOCC2)CC1=O.O=C(O)COc1ccc(Cl)c2cccnc12. The number of pyridine rings is 1. The zero-order valence-corrected chi connectivity index (χ0v) is 23.2. The fourth-order valence-corrected chi connectivity index (χ4v) is 4.91. The van der Waals surface area contributed by atoms with E-state index in [2.05, 4.69) is 10.1 Å². The Kier molecular flexibility index (Phi) is 12.0. The van der Waals surface area contributed by atoms with Gasteiger partial charge in [-0.2, -0.15) is 0 Å². The number of aliphatic hydroxyl groups excluding tert-OH is 1. The quantitative estimate of drug-likeness (QED) is 0.208. The number of ketones is 1. The van der Waals surface area contributed by atoms with Gasteiger partial charge in [-0.3, -0.25) is 9.78 Å². The molecule has 0 bridgehead atoms. The van der Waals surface area contributed by atoms with Gasteiger partial charge in [0.05, 0.1) is 16.3 Å². The zero-order chi connectivity index (χ0) is 28.2. The smallest absolute Gasteiger partial charge is 0.341 e. The Labute approximate surface area is 237 Å². The summed E-state index contributed by atoms with van der Waals surface area (Å²) in [5, 5.41) is 24.2. The molecule has 2 N–H and O–H groups in total. The number of Topliss-reactive ketones (excluding diaryl/α,β-unsaturated/α-hetero) is 1. The zero-order valence-electron chi connectivity index (χ0n) is 21.6. The van der Waals surface area contributed by atoms with Gasteiger partial charge >= 0.3 is 5.97 Å². The third-order valence-corrected chi connectivity index (χ3v) is 7.00. The van der Waals surface area contributed by atoms with Crippen molar-refractivity contribution in [2.24, 2.45) is 17.0 Å². The number of aliphatic carboxylic acids is 1. The number of carboxylic acid groups (broad SMARTS) is 1. The topological polar surface area (TPSA) is 128 Å². The van der Waals surface area contributed by atoms with E-state index in [-0.39, 0.29) is 24.1 Å². The van der Waals surface area contributed by atoms with E-state index in [0.717, 1.165) is 31.4 Å². The number of ether oxygens (including phenoxy) is 2. The molecule has 9 nitrogen and oxygen atoms in total. The van der Waals surface area contributed by atoms with Crippen LogP contribution >= 0.6 is 23.2 Å². The summed E-state index contributed by atoms with van der Waals surface area (Å²) in [7, 11) is 0. The minimum atomic E-state index is -1.03. The van der Waals surface area contributed by atoms with Crippen molar-refractivity contribution in [1.82, 2.24) is 4.98 Å². The summed E-state index contributed by atoms with van der Waals surface area (Å²) in [5.41, 5.74) is 2.75. The van der Waals surface area contributed by atoms with Crippen molar-refractivity contribution < 1.29 is 34.1 Å². The summed E-state index contributed by atoms with van der Waals surface area (Å²) in [6, 6.07) is 6.83. The van der Waals surface area contributed by atoms with Gasteiger partial charge in [0.25, 0.3) is 0 Å². The van der Waals surface area contributed by atoms with E-state index in [0.29, 0.717) is 52.8 Å². The van der Waals surface area contributed by atoms with Gasteiger partial charge in [0.15, 0.2) is 12.4 Å². The van der Waals surface area contributed by atoms with Gasteiger partial charge in [-0.05, 0) is 61.4 Å². The van der Waals surface area contributed by atoms with Crippen LogP contribution in [0.4, 0.5) is 0 Å². The molecule has 1 aromatic carbocycles. The minimum absolute atomic E-state index is 0.0395. The minimum Gasteiger partial charge on any atom is -0.511 e. The normalized spacial score (nSPS) is 18.7. The maximum absolute atomic E-state index is 12.5. The fraction of sp³-hybridized carbons (Fsp3) is 0.429. The molecule has 210 valence electrons. The monoisotopic (exact) mass is 578 g/mol. The number of allylic oxidation sites excluding steroid dienone is 2. The number of hydrogen-bond acceptors (Lipinski definition) is 8. The second-order valence-corrected chi connectivity index (χ2v) is 9.70. The number of benzene rings is 1. The van der Waals surface area contributed by atoms with Gasteiger partial charge in [-0.1, -0.05) is 35.3 Å². The molecule has 1 aromatic heterocycles. The molecular formula is C28H32Cl2N2O7. The molecule has 39 heavy (non-hydrogen) atoms. The first-order chi connectivity index (χ1) is 18.8. The number of carbonyl (C=O) groups excluding carboxylic acids is 1. The van der Waals surface area contributed by atoms with E-state index >= 15 is 0 Å². The number of carbonyl (C=O) groups is 2. The molecule has 2 heterocycles. The van der Waals surface area contributed by atoms with Crippen LogP contribution in [0.15, 0.2) is 58.6 Å². The van der Waals surface area contributed by atoms with Gasteiger partial charge in [0.2, 0.25) is 0 Å². The van der Waals surface area contributed by atoms with E-state index in [1.54, 1.807) is 36.5 Å². The van der Waals surface area contributed by atoms with Crippen LogP contribution in [0.1, 0.15) is 39.0 Å². The van der Waals surface area contributed by atoms with E-state index in [1.807, 2.05) is 6.92 Å². The second kappa shape index (κ2) is 15.5. The van der Waals surface area contributed by atoms with Crippen LogP contribution in [0.25, 0.3) is 10.9 Å². The number of nitrogens with zero attached hydrogens (tertiary/aromatic N) is 2. The first kappa shape index (κ1) is 30.4. The summed E-state index contributed by atoms with van der Waals surface area (Å²) in [5.74, 6) is 0.149. The predicted molar refractivity (Wildman–Crippen MR) is 149 cm³/mol. The van der Waals surface area contributed by atoms with Gasteiger partial charge in [-0.25, -0.2) is 4.79 Å². The predicted octanol–water partition coefficient (Wildman–Crippen LogP) is 6.09. The largest absolute Gasteiger partial charge is 0.511 e. The number of oxime groups is 1. The van der Waals surface area contributed by atoms with Crippen LogP contribution in [0.2, 0.25) is 5.02 Å². The Hall–Kier alpha value is -3.14. The lowest BCUT2D eigenvalue weighted by atomic mass is 9.75. The van der Waals surface area contributed by atoms with Crippen LogP contribution in [0.5, 0.6) is 5.75 Å². The van der Waals surface area contributed by atoms with Crippen molar-refractivity contribution in [3.8, 4) is 5.75 Å². The summed E-state index contributed by atoms with van der Waals surface area (Å²) in [6.45, 7) is 3.22. The highest BCUT2D eigenvalue weighted by molar-refractivity contribution is 6.35. The van der Waals surface area contributed by atoms with Crippen molar-refractivity contribution in [3.05, 3.63) is 58.4 Å². The molecule has 1 aliphatic heterocycles. The third-order valence-electron chi connectivity index (χ3n) is 6.49.